The highest BCUT2D eigenvalue weighted by Crippen LogP contribution is 2.51. The average Bonchev–Trinajstić information content (AvgIpc) is 3.10. The summed E-state index contributed by atoms with van der Waals surface area (Å²) in [5, 5.41) is 4.77. The molecular weight excluding hydrogens is 303 g/mol. The molecule has 1 fully saturated rings. The van der Waals surface area contributed by atoms with E-state index in [2.05, 4.69) is 22.4 Å². The number of hydrogen-bond acceptors (Lipinski definition) is 3. The first-order chi connectivity index (χ1) is 11.8. The van der Waals surface area contributed by atoms with Gasteiger partial charge in [0.25, 0.3) is 0 Å². The molecule has 0 aliphatic carbocycles. The summed E-state index contributed by atoms with van der Waals surface area (Å²) in [6, 6.07) is 15.1. The molecule has 0 spiro atoms. The fourth-order valence-electron chi connectivity index (χ4n) is 4.16. The van der Waals surface area contributed by atoms with Crippen molar-refractivity contribution in [3.05, 3.63) is 71.7 Å². The van der Waals surface area contributed by atoms with Crippen molar-refractivity contribution in [3.63, 3.8) is 0 Å². The Kier molecular flexibility index (Phi) is 3.06. The molecule has 0 bridgehead atoms. The number of halogens is 1. The van der Waals surface area contributed by atoms with E-state index in [1.807, 2.05) is 24.4 Å². The van der Waals surface area contributed by atoms with Crippen LogP contribution >= 0.6 is 0 Å². The second-order valence-corrected chi connectivity index (χ2v) is 6.52. The quantitative estimate of drug-likeness (QED) is 0.710. The van der Waals surface area contributed by atoms with Crippen LogP contribution in [0, 0.1) is 11.7 Å². The van der Waals surface area contributed by atoms with Gasteiger partial charge in [0.2, 0.25) is 0 Å². The minimum Gasteiger partial charge on any atom is -0.378 e. The zero-order valence-corrected chi connectivity index (χ0v) is 13.1. The molecule has 3 nitrogen and oxygen atoms in total. The second kappa shape index (κ2) is 5.28. The van der Waals surface area contributed by atoms with Gasteiger partial charge in [-0.2, -0.15) is 0 Å². The number of hydrogen-bond donors (Lipinski definition) is 1. The van der Waals surface area contributed by atoms with Crippen molar-refractivity contribution in [2.45, 2.75) is 18.6 Å². The monoisotopic (exact) mass is 320 g/mol. The van der Waals surface area contributed by atoms with Gasteiger partial charge in [0.15, 0.2) is 0 Å². The standard InChI is InChI=1S/C20H17FN2O/c21-13-4-1-3-12(11-13)19-15-8-10-24-20(15)18-14-5-2-9-22-16(14)6-7-17(18)23-19/h1-7,9,11,15,19-20,23H,8,10H2/t15-,19?,20-/m0/s1. The second-order valence-electron chi connectivity index (χ2n) is 6.52. The lowest BCUT2D eigenvalue weighted by Gasteiger charge is -2.37. The van der Waals surface area contributed by atoms with Crippen LogP contribution in [-0.4, -0.2) is 11.6 Å². The predicted molar refractivity (Wildman–Crippen MR) is 91.3 cm³/mol. The van der Waals surface area contributed by atoms with Crippen LogP contribution in [0.5, 0.6) is 0 Å². The first kappa shape index (κ1) is 13.9. The lowest BCUT2D eigenvalue weighted by atomic mass is 9.80. The third-order valence-corrected chi connectivity index (χ3v) is 5.20. The van der Waals surface area contributed by atoms with Crippen LogP contribution in [0.1, 0.15) is 29.7 Å². The van der Waals surface area contributed by atoms with Gasteiger partial charge in [-0.1, -0.05) is 18.2 Å². The largest absolute Gasteiger partial charge is 0.378 e. The van der Waals surface area contributed by atoms with Crippen molar-refractivity contribution < 1.29 is 9.13 Å². The Hall–Kier alpha value is -2.46. The van der Waals surface area contributed by atoms with E-state index in [1.54, 1.807) is 12.1 Å². The molecule has 2 aromatic carbocycles. The summed E-state index contributed by atoms with van der Waals surface area (Å²) in [6.45, 7) is 0.735. The van der Waals surface area contributed by atoms with E-state index < -0.39 is 0 Å². The van der Waals surface area contributed by atoms with Gasteiger partial charge in [0, 0.05) is 35.4 Å². The maximum atomic E-state index is 13.7. The molecule has 1 unspecified atom stereocenters. The van der Waals surface area contributed by atoms with Crippen LogP contribution in [0.4, 0.5) is 10.1 Å². The summed E-state index contributed by atoms with van der Waals surface area (Å²) >= 11 is 0. The molecule has 4 heteroatoms. The molecule has 0 amide bonds. The lowest BCUT2D eigenvalue weighted by Crippen LogP contribution is -2.29. The molecular formula is C20H17FN2O. The molecule has 5 rings (SSSR count). The number of anilines is 1. The van der Waals surface area contributed by atoms with E-state index in [9.17, 15) is 4.39 Å². The van der Waals surface area contributed by atoms with Gasteiger partial charge in [0.1, 0.15) is 5.82 Å². The van der Waals surface area contributed by atoms with Crippen molar-refractivity contribution in [2.24, 2.45) is 5.92 Å². The third-order valence-electron chi connectivity index (χ3n) is 5.20. The number of aromatic nitrogens is 1. The third kappa shape index (κ3) is 2.03. The number of pyridine rings is 1. The van der Waals surface area contributed by atoms with Crippen molar-refractivity contribution >= 4 is 16.6 Å². The van der Waals surface area contributed by atoms with Gasteiger partial charge in [-0.05, 0) is 42.3 Å². The SMILES string of the molecule is Fc1cccc(C2Nc3ccc4ncccc4c3[C@H]3OCC[C@@H]23)c1. The first-order valence-electron chi connectivity index (χ1n) is 8.32. The Labute approximate surface area is 139 Å². The van der Waals surface area contributed by atoms with E-state index in [-0.39, 0.29) is 18.0 Å². The normalized spacial score (nSPS) is 25.1. The van der Waals surface area contributed by atoms with Gasteiger partial charge in [-0.15, -0.1) is 0 Å². The van der Waals surface area contributed by atoms with Crippen molar-refractivity contribution in [2.75, 3.05) is 11.9 Å². The van der Waals surface area contributed by atoms with Gasteiger partial charge in [-0.3, -0.25) is 4.98 Å². The smallest absolute Gasteiger partial charge is 0.123 e. The Balaban J connectivity index is 1.68. The van der Waals surface area contributed by atoms with Crippen molar-refractivity contribution in [1.82, 2.24) is 4.98 Å². The number of ether oxygens (including phenoxy) is 1. The van der Waals surface area contributed by atoms with Gasteiger partial charge >= 0.3 is 0 Å². The fourth-order valence-corrected chi connectivity index (χ4v) is 4.16. The van der Waals surface area contributed by atoms with Crippen LogP contribution in [-0.2, 0) is 4.74 Å². The molecule has 1 N–H and O–H groups in total. The molecule has 0 radical (unpaired) electrons. The molecule has 1 saturated heterocycles. The summed E-state index contributed by atoms with van der Waals surface area (Å²) < 4.78 is 19.8. The summed E-state index contributed by atoms with van der Waals surface area (Å²) in [4.78, 5) is 4.46. The van der Waals surface area contributed by atoms with Gasteiger partial charge < -0.3 is 10.1 Å². The predicted octanol–water partition coefficient (Wildman–Crippen LogP) is 4.62. The van der Waals surface area contributed by atoms with E-state index in [0.717, 1.165) is 35.2 Å². The summed E-state index contributed by atoms with van der Waals surface area (Å²) in [5.74, 6) is 0.100. The maximum Gasteiger partial charge on any atom is 0.123 e. The average molecular weight is 320 g/mol. The Bertz CT molecular complexity index is 926. The molecule has 3 heterocycles. The molecule has 3 aromatic rings. The number of nitrogens with one attached hydrogen (secondary N) is 1. The van der Waals surface area contributed by atoms with Gasteiger partial charge in [-0.25, -0.2) is 4.39 Å². The zero-order valence-electron chi connectivity index (χ0n) is 13.1. The lowest BCUT2D eigenvalue weighted by molar-refractivity contribution is 0.0841. The number of rotatable bonds is 1. The summed E-state index contributed by atoms with van der Waals surface area (Å²) in [6.07, 6.45) is 2.81. The van der Waals surface area contributed by atoms with Crippen molar-refractivity contribution in [3.8, 4) is 0 Å². The van der Waals surface area contributed by atoms with Crippen LogP contribution in [0.2, 0.25) is 0 Å². The van der Waals surface area contributed by atoms with Crippen LogP contribution < -0.4 is 5.32 Å². The van der Waals surface area contributed by atoms with Crippen LogP contribution in [0.3, 0.4) is 0 Å². The van der Waals surface area contributed by atoms with E-state index in [1.165, 1.54) is 11.6 Å². The number of fused-ring (bicyclic) bond motifs is 5. The highest BCUT2D eigenvalue weighted by atomic mass is 19.1. The molecule has 2 aliphatic heterocycles. The molecule has 3 atom stereocenters. The minimum absolute atomic E-state index is 0.0300. The first-order valence-corrected chi connectivity index (χ1v) is 8.32. The van der Waals surface area contributed by atoms with Gasteiger partial charge in [0.05, 0.1) is 17.7 Å². The van der Waals surface area contributed by atoms with E-state index >= 15 is 0 Å². The van der Waals surface area contributed by atoms with Crippen molar-refractivity contribution in [1.29, 1.82) is 0 Å². The summed E-state index contributed by atoms with van der Waals surface area (Å²) in [5.41, 5.74) is 4.22. The Morgan fingerprint density at radius 2 is 2.08 bits per heavy atom. The molecule has 1 aromatic heterocycles. The highest BCUT2D eigenvalue weighted by Gasteiger charge is 2.42. The van der Waals surface area contributed by atoms with E-state index in [0.29, 0.717) is 5.92 Å². The molecule has 120 valence electrons. The van der Waals surface area contributed by atoms with E-state index in [4.69, 9.17) is 4.74 Å². The van der Waals surface area contributed by atoms with Crippen LogP contribution in [0.25, 0.3) is 10.9 Å². The minimum atomic E-state index is -0.196. The number of benzene rings is 2. The van der Waals surface area contributed by atoms with Crippen LogP contribution in [0.15, 0.2) is 54.7 Å². The Morgan fingerprint density at radius 1 is 1.12 bits per heavy atom. The zero-order chi connectivity index (χ0) is 16.1. The fraction of sp³-hybridized carbons (Fsp3) is 0.250. The highest BCUT2D eigenvalue weighted by molar-refractivity contribution is 5.88. The number of nitrogens with zero attached hydrogens (tertiary/aromatic N) is 1. The topological polar surface area (TPSA) is 34.2 Å². The summed E-state index contributed by atoms with van der Waals surface area (Å²) in [7, 11) is 0. The molecule has 24 heavy (non-hydrogen) atoms. The maximum absolute atomic E-state index is 13.7. The Morgan fingerprint density at radius 3 is 3.00 bits per heavy atom. The molecule has 2 aliphatic rings. The molecule has 0 saturated carbocycles.